The number of hydrogen-bond acceptors (Lipinski definition) is 5. The van der Waals surface area contributed by atoms with E-state index in [4.69, 9.17) is 14.9 Å². The van der Waals surface area contributed by atoms with Gasteiger partial charge in [0.2, 0.25) is 5.91 Å². The van der Waals surface area contributed by atoms with Crippen LogP contribution in [0.5, 0.6) is 5.75 Å². The Balaban J connectivity index is 1.83. The molecule has 0 radical (unpaired) electrons. The van der Waals surface area contributed by atoms with Crippen molar-refractivity contribution in [2.24, 2.45) is 17.6 Å². The van der Waals surface area contributed by atoms with Crippen LogP contribution in [-0.4, -0.2) is 35.7 Å². The van der Waals surface area contributed by atoms with E-state index in [9.17, 15) is 14.7 Å². The third kappa shape index (κ3) is 3.78. The maximum Gasteiger partial charge on any atom is 0.256 e. The molecule has 2 amide bonds. The summed E-state index contributed by atoms with van der Waals surface area (Å²) in [5.74, 6) is 1.06. The monoisotopic (exact) mass is 374 g/mol. The summed E-state index contributed by atoms with van der Waals surface area (Å²) < 4.78 is 11.5. The summed E-state index contributed by atoms with van der Waals surface area (Å²) >= 11 is 0. The fraction of sp³-hybridized carbons (Fsp3) is 0.500. The fourth-order valence-corrected chi connectivity index (χ4v) is 3.48. The molecule has 1 unspecified atom stereocenters. The molecule has 4 N–H and O–H groups in total. The topological polar surface area (TPSA) is 115 Å². The van der Waals surface area contributed by atoms with Gasteiger partial charge in [0, 0.05) is 5.39 Å². The molecule has 0 saturated heterocycles. The lowest BCUT2D eigenvalue weighted by atomic mass is 9.77. The maximum atomic E-state index is 12.8. The minimum Gasteiger partial charge on any atom is -0.493 e. The second-order valence-corrected chi connectivity index (χ2v) is 7.75. The van der Waals surface area contributed by atoms with Gasteiger partial charge in [-0.15, -0.1) is 0 Å². The fourth-order valence-electron chi connectivity index (χ4n) is 3.48. The highest BCUT2D eigenvalue weighted by molar-refractivity contribution is 6.09. The number of hydrogen-bond donors (Lipinski definition) is 3. The van der Waals surface area contributed by atoms with Gasteiger partial charge < -0.3 is 25.3 Å². The minimum atomic E-state index is -1.55. The standard InChI is InChI=1S/C20H26N2O5/c1-11-6-13(7-11)9-26-14-4-5-16-15(8-14)17(12(2)27-16)18(24)22-20(3,10-23)19(21)25/h4-5,8,11,13,23H,6-7,9-10H2,1-3H3,(H2,21,25)(H,22,24). The van der Waals surface area contributed by atoms with Crippen molar-refractivity contribution in [2.75, 3.05) is 13.2 Å². The van der Waals surface area contributed by atoms with Gasteiger partial charge in [-0.2, -0.15) is 0 Å². The molecule has 1 atom stereocenters. The van der Waals surface area contributed by atoms with Gasteiger partial charge in [0.05, 0.1) is 18.8 Å². The molecule has 1 saturated carbocycles. The third-order valence-corrected chi connectivity index (χ3v) is 5.27. The molecule has 0 bridgehead atoms. The molecule has 1 aromatic carbocycles. The molecule has 7 heteroatoms. The molecule has 1 fully saturated rings. The van der Waals surface area contributed by atoms with Gasteiger partial charge in [0.25, 0.3) is 5.91 Å². The van der Waals surface area contributed by atoms with E-state index in [0.717, 1.165) is 5.92 Å². The van der Waals surface area contributed by atoms with Crippen LogP contribution in [0.4, 0.5) is 0 Å². The zero-order valence-electron chi connectivity index (χ0n) is 15.9. The molecule has 1 heterocycles. The summed E-state index contributed by atoms with van der Waals surface area (Å²) in [5.41, 5.74) is 4.59. The first-order valence-electron chi connectivity index (χ1n) is 9.12. The summed E-state index contributed by atoms with van der Waals surface area (Å²) in [7, 11) is 0. The number of aliphatic hydroxyl groups excluding tert-OH is 1. The summed E-state index contributed by atoms with van der Waals surface area (Å²) in [6, 6.07) is 5.34. The summed E-state index contributed by atoms with van der Waals surface area (Å²) in [6.45, 7) is 5.33. The first-order valence-corrected chi connectivity index (χ1v) is 9.12. The average Bonchev–Trinajstić information content (AvgIpc) is 2.92. The first-order chi connectivity index (χ1) is 12.7. The number of primary amides is 1. The number of carbonyl (C=O) groups excluding carboxylic acids is 2. The van der Waals surface area contributed by atoms with Crippen molar-refractivity contribution in [2.45, 2.75) is 39.2 Å². The number of rotatable bonds is 7. The molecule has 0 spiro atoms. The maximum absolute atomic E-state index is 12.8. The number of ether oxygens (including phenoxy) is 1. The molecule has 1 aliphatic carbocycles. The SMILES string of the molecule is Cc1oc2ccc(OCC3CC(C)C3)cc2c1C(=O)NC(C)(CO)C(N)=O. The highest BCUT2D eigenvalue weighted by atomic mass is 16.5. The van der Waals surface area contributed by atoms with E-state index < -0.39 is 24.0 Å². The highest BCUT2D eigenvalue weighted by Gasteiger charge is 2.34. The van der Waals surface area contributed by atoms with Gasteiger partial charge in [-0.1, -0.05) is 6.92 Å². The minimum absolute atomic E-state index is 0.300. The molecule has 27 heavy (non-hydrogen) atoms. The predicted molar refractivity (Wildman–Crippen MR) is 100 cm³/mol. The highest BCUT2D eigenvalue weighted by Crippen LogP contribution is 2.34. The van der Waals surface area contributed by atoms with Crippen LogP contribution in [0.15, 0.2) is 22.6 Å². The van der Waals surface area contributed by atoms with Crippen LogP contribution in [0.25, 0.3) is 11.0 Å². The summed E-state index contributed by atoms with van der Waals surface area (Å²) in [6.07, 6.45) is 2.35. The van der Waals surface area contributed by atoms with Crippen LogP contribution in [0.3, 0.4) is 0 Å². The summed E-state index contributed by atoms with van der Waals surface area (Å²) in [5, 5.41) is 12.5. The van der Waals surface area contributed by atoms with E-state index in [1.54, 1.807) is 19.1 Å². The van der Waals surface area contributed by atoms with Gasteiger partial charge in [0.1, 0.15) is 22.6 Å². The van der Waals surface area contributed by atoms with E-state index in [2.05, 4.69) is 12.2 Å². The normalized spacial score (nSPS) is 21.3. The van der Waals surface area contributed by atoms with Gasteiger partial charge in [0.15, 0.2) is 0 Å². The van der Waals surface area contributed by atoms with E-state index in [0.29, 0.717) is 40.6 Å². The van der Waals surface area contributed by atoms with Crippen LogP contribution in [0.1, 0.15) is 42.8 Å². The molecule has 146 valence electrons. The lowest BCUT2D eigenvalue weighted by molar-refractivity contribution is -0.124. The Kier molecular flexibility index (Phi) is 5.15. The number of nitrogens with one attached hydrogen (secondary N) is 1. The van der Waals surface area contributed by atoms with Crippen molar-refractivity contribution in [3.63, 3.8) is 0 Å². The number of benzene rings is 1. The smallest absolute Gasteiger partial charge is 0.256 e. The van der Waals surface area contributed by atoms with E-state index in [1.165, 1.54) is 19.8 Å². The number of aliphatic hydroxyl groups is 1. The zero-order valence-corrected chi connectivity index (χ0v) is 15.9. The van der Waals surface area contributed by atoms with Gasteiger partial charge in [-0.3, -0.25) is 9.59 Å². The van der Waals surface area contributed by atoms with Crippen LogP contribution in [0, 0.1) is 18.8 Å². The molecule has 7 nitrogen and oxygen atoms in total. The van der Waals surface area contributed by atoms with Crippen molar-refractivity contribution < 1.29 is 23.8 Å². The van der Waals surface area contributed by atoms with Gasteiger partial charge in [-0.05, 0) is 56.7 Å². The second kappa shape index (κ2) is 7.23. The molecule has 1 aromatic heterocycles. The molecule has 3 rings (SSSR count). The van der Waals surface area contributed by atoms with Gasteiger partial charge in [-0.25, -0.2) is 0 Å². The number of nitrogens with two attached hydrogens (primary N) is 1. The van der Waals surface area contributed by atoms with E-state index in [-0.39, 0.29) is 0 Å². The quantitative estimate of drug-likeness (QED) is 0.687. The largest absolute Gasteiger partial charge is 0.493 e. The molecular formula is C20H26N2O5. The number of carbonyl (C=O) groups is 2. The Morgan fingerprint density at radius 1 is 1.41 bits per heavy atom. The Hall–Kier alpha value is -2.54. The molecule has 1 aliphatic rings. The Bertz CT molecular complexity index is 869. The second-order valence-electron chi connectivity index (χ2n) is 7.75. The third-order valence-electron chi connectivity index (χ3n) is 5.27. The van der Waals surface area contributed by atoms with Crippen molar-refractivity contribution in [3.8, 4) is 5.75 Å². The lowest BCUT2D eigenvalue weighted by Gasteiger charge is -2.32. The number of aryl methyl sites for hydroxylation is 1. The Morgan fingerprint density at radius 2 is 2.11 bits per heavy atom. The van der Waals surface area contributed by atoms with Gasteiger partial charge >= 0.3 is 0 Å². The lowest BCUT2D eigenvalue weighted by Crippen LogP contribution is -2.57. The van der Waals surface area contributed by atoms with Crippen molar-refractivity contribution in [1.29, 1.82) is 0 Å². The first kappa shape index (κ1) is 19.2. The van der Waals surface area contributed by atoms with Crippen LogP contribution < -0.4 is 15.8 Å². The van der Waals surface area contributed by atoms with E-state index in [1.807, 2.05) is 6.07 Å². The predicted octanol–water partition coefficient (Wildman–Crippen LogP) is 2.13. The molecule has 2 aromatic rings. The van der Waals surface area contributed by atoms with Crippen LogP contribution in [0.2, 0.25) is 0 Å². The van der Waals surface area contributed by atoms with Crippen molar-refractivity contribution in [1.82, 2.24) is 5.32 Å². The van der Waals surface area contributed by atoms with E-state index >= 15 is 0 Å². The number of fused-ring (bicyclic) bond motifs is 1. The number of furan rings is 1. The molecule has 0 aliphatic heterocycles. The van der Waals surface area contributed by atoms with Crippen LogP contribution in [-0.2, 0) is 4.79 Å². The molecular weight excluding hydrogens is 348 g/mol. The van der Waals surface area contributed by atoms with Crippen molar-refractivity contribution in [3.05, 3.63) is 29.5 Å². The number of amides is 2. The van der Waals surface area contributed by atoms with Crippen LogP contribution >= 0.6 is 0 Å². The Labute approximate surface area is 157 Å². The summed E-state index contributed by atoms with van der Waals surface area (Å²) in [4.78, 5) is 24.3. The van der Waals surface area contributed by atoms with Crippen molar-refractivity contribution >= 4 is 22.8 Å². The zero-order chi connectivity index (χ0) is 19.8. The average molecular weight is 374 g/mol. The Morgan fingerprint density at radius 3 is 2.70 bits per heavy atom.